The molecule has 1 aromatic carbocycles. The molecule has 0 spiro atoms. The van der Waals surface area contributed by atoms with Gasteiger partial charge in [0.1, 0.15) is 11.4 Å². The van der Waals surface area contributed by atoms with Crippen molar-refractivity contribution in [3.05, 3.63) is 33.9 Å². The summed E-state index contributed by atoms with van der Waals surface area (Å²) in [4.78, 5) is 10.1. The molecule has 1 saturated heterocycles. The molecular weight excluding hydrogens is 200 g/mol. The number of nitrogens with one attached hydrogen (secondary N) is 1. The van der Waals surface area contributed by atoms with Crippen LogP contribution in [0.4, 0.5) is 5.69 Å². The lowest BCUT2D eigenvalue weighted by molar-refractivity contribution is -0.386. The summed E-state index contributed by atoms with van der Waals surface area (Å²) >= 11 is 0. The van der Waals surface area contributed by atoms with E-state index in [4.69, 9.17) is 0 Å². The normalized spacial score (nSPS) is 18.2. The van der Waals surface area contributed by atoms with Crippen molar-refractivity contribution < 1.29 is 15.1 Å². The second kappa shape index (κ2) is 3.18. The summed E-state index contributed by atoms with van der Waals surface area (Å²) in [6.45, 7) is 0.522. The molecule has 1 heterocycles. The van der Waals surface area contributed by atoms with Crippen molar-refractivity contribution in [3.63, 3.8) is 0 Å². The van der Waals surface area contributed by atoms with Gasteiger partial charge in [0.25, 0.3) is 5.69 Å². The van der Waals surface area contributed by atoms with Crippen LogP contribution in [-0.4, -0.2) is 28.2 Å². The van der Waals surface area contributed by atoms with Crippen molar-refractivity contribution in [1.82, 2.24) is 5.32 Å². The summed E-state index contributed by atoms with van der Waals surface area (Å²) in [5, 5.41) is 32.7. The van der Waals surface area contributed by atoms with Crippen LogP contribution in [-0.2, 0) is 5.60 Å². The molecule has 80 valence electrons. The number of phenolic OH excluding ortho intramolecular Hbond substituents is 1. The molecule has 0 bridgehead atoms. The highest BCUT2D eigenvalue weighted by atomic mass is 16.6. The maximum atomic E-state index is 10.7. The van der Waals surface area contributed by atoms with Gasteiger partial charge in [0.15, 0.2) is 0 Å². The standard InChI is InChI=1S/C9H10N2O4/c12-6-1-2-8(11(14)15)7(3-6)9(13)4-10-5-9/h1-3,10,12-13H,4-5H2. The topological polar surface area (TPSA) is 95.6 Å². The number of β-amino-alcohol motifs (C(OH)–C–C–N with tert-alkyl or cyclic N) is 1. The second-order valence-corrected chi connectivity index (χ2v) is 3.59. The molecule has 0 amide bonds. The molecule has 6 heteroatoms. The summed E-state index contributed by atoms with van der Waals surface area (Å²) in [6, 6.07) is 3.66. The number of hydrogen-bond acceptors (Lipinski definition) is 5. The first-order valence-corrected chi connectivity index (χ1v) is 4.44. The van der Waals surface area contributed by atoms with Gasteiger partial charge >= 0.3 is 0 Å². The van der Waals surface area contributed by atoms with Gasteiger partial charge < -0.3 is 15.5 Å². The van der Waals surface area contributed by atoms with Crippen LogP contribution >= 0.6 is 0 Å². The summed E-state index contributed by atoms with van der Waals surface area (Å²) in [6.07, 6.45) is 0. The Hall–Kier alpha value is -1.66. The summed E-state index contributed by atoms with van der Waals surface area (Å²) in [5.74, 6) is -0.0871. The number of aromatic hydroxyl groups is 1. The molecule has 0 unspecified atom stereocenters. The molecular formula is C9H10N2O4. The fraction of sp³-hybridized carbons (Fsp3) is 0.333. The van der Waals surface area contributed by atoms with Gasteiger partial charge in [-0.05, 0) is 12.1 Å². The highest BCUT2D eigenvalue weighted by Gasteiger charge is 2.41. The van der Waals surface area contributed by atoms with Gasteiger partial charge in [-0.2, -0.15) is 0 Å². The molecule has 3 N–H and O–H groups in total. The summed E-state index contributed by atoms with van der Waals surface area (Å²) in [5.41, 5.74) is -1.25. The third-order valence-electron chi connectivity index (χ3n) is 2.51. The van der Waals surface area contributed by atoms with Crippen LogP contribution in [0.3, 0.4) is 0 Å². The van der Waals surface area contributed by atoms with E-state index in [0.29, 0.717) is 0 Å². The van der Waals surface area contributed by atoms with Crippen LogP contribution in [0.1, 0.15) is 5.56 Å². The number of nitro benzene ring substituents is 1. The Morgan fingerprint density at radius 1 is 1.47 bits per heavy atom. The van der Waals surface area contributed by atoms with Crippen LogP contribution in [0.2, 0.25) is 0 Å². The quantitative estimate of drug-likeness (QED) is 0.475. The number of benzene rings is 1. The van der Waals surface area contributed by atoms with Gasteiger partial charge in [0.2, 0.25) is 0 Å². The molecule has 0 aromatic heterocycles. The van der Waals surface area contributed by atoms with E-state index in [-0.39, 0.29) is 30.1 Å². The Labute approximate surface area is 85.3 Å². The second-order valence-electron chi connectivity index (χ2n) is 3.59. The van der Waals surface area contributed by atoms with Crippen LogP contribution < -0.4 is 5.32 Å². The average molecular weight is 210 g/mol. The van der Waals surface area contributed by atoms with Gasteiger partial charge in [-0.1, -0.05) is 0 Å². The third-order valence-corrected chi connectivity index (χ3v) is 2.51. The van der Waals surface area contributed by atoms with E-state index >= 15 is 0 Å². The lowest BCUT2D eigenvalue weighted by atomic mass is 9.87. The molecule has 1 aliphatic rings. The van der Waals surface area contributed by atoms with E-state index in [1.807, 2.05) is 0 Å². The van der Waals surface area contributed by atoms with Gasteiger partial charge in [0, 0.05) is 19.2 Å². The molecule has 15 heavy (non-hydrogen) atoms. The van der Waals surface area contributed by atoms with Gasteiger partial charge in [-0.3, -0.25) is 10.1 Å². The Morgan fingerprint density at radius 2 is 2.13 bits per heavy atom. The number of phenols is 1. The Bertz CT molecular complexity index is 415. The fourth-order valence-electron chi connectivity index (χ4n) is 1.61. The first kappa shape index (κ1) is 9.88. The third kappa shape index (κ3) is 1.53. The number of aliphatic hydroxyl groups is 1. The van der Waals surface area contributed by atoms with E-state index in [9.17, 15) is 20.3 Å². The zero-order valence-electron chi connectivity index (χ0n) is 7.80. The van der Waals surface area contributed by atoms with Gasteiger partial charge in [-0.25, -0.2) is 0 Å². The maximum Gasteiger partial charge on any atom is 0.275 e. The van der Waals surface area contributed by atoms with Crippen molar-refractivity contribution in [2.75, 3.05) is 13.1 Å². The van der Waals surface area contributed by atoms with E-state index < -0.39 is 10.5 Å². The van der Waals surface area contributed by atoms with E-state index in [1.165, 1.54) is 18.2 Å². The molecule has 6 nitrogen and oxygen atoms in total. The lowest BCUT2D eigenvalue weighted by Crippen LogP contribution is -2.56. The highest BCUT2D eigenvalue weighted by Crippen LogP contribution is 2.34. The van der Waals surface area contributed by atoms with Crippen LogP contribution in [0.15, 0.2) is 18.2 Å². The minimum Gasteiger partial charge on any atom is -0.508 e. The van der Waals surface area contributed by atoms with E-state index in [1.54, 1.807) is 0 Å². The van der Waals surface area contributed by atoms with Crippen LogP contribution in [0.5, 0.6) is 5.75 Å². The zero-order chi connectivity index (χ0) is 11.1. The van der Waals surface area contributed by atoms with E-state index in [2.05, 4.69) is 5.32 Å². The van der Waals surface area contributed by atoms with Crippen molar-refractivity contribution in [3.8, 4) is 5.75 Å². The molecule has 2 rings (SSSR count). The van der Waals surface area contributed by atoms with Gasteiger partial charge in [0.05, 0.1) is 10.5 Å². The smallest absolute Gasteiger partial charge is 0.275 e. The Morgan fingerprint density at radius 3 is 2.60 bits per heavy atom. The first-order chi connectivity index (χ1) is 7.03. The summed E-state index contributed by atoms with van der Waals surface area (Å²) in [7, 11) is 0. The molecule has 0 radical (unpaired) electrons. The average Bonchev–Trinajstić information content (AvgIpc) is 2.13. The molecule has 1 aromatic rings. The molecule has 1 fully saturated rings. The monoisotopic (exact) mass is 210 g/mol. The van der Waals surface area contributed by atoms with Crippen molar-refractivity contribution in [2.24, 2.45) is 0 Å². The van der Waals surface area contributed by atoms with Crippen molar-refractivity contribution in [1.29, 1.82) is 0 Å². The number of nitro groups is 1. The Kier molecular flexibility index (Phi) is 2.09. The largest absolute Gasteiger partial charge is 0.508 e. The predicted molar refractivity (Wildman–Crippen MR) is 51.5 cm³/mol. The van der Waals surface area contributed by atoms with Crippen molar-refractivity contribution >= 4 is 5.69 Å². The van der Waals surface area contributed by atoms with Crippen molar-refractivity contribution in [2.45, 2.75) is 5.60 Å². The summed E-state index contributed by atoms with van der Waals surface area (Å²) < 4.78 is 0. The van der Waals surface area contributed by atoms with Crippen LogP contribution in [0.25, 0.3) is 0 Å². The fourth-order valence-corrected chi connectivity index (χ4v) is 1.61. The highest BCUT2D eigenvalue weighted by molar-refractivity contribution is 5.49. The zero-order valence-corrected chi connectivity index (χ0v) is 7.80. The number of rotatable bonds is 2. The van der Waals surface area contributed by atoms with E-state index in [0.717, 1.165) is 0 Å². The van der Waals surface area contributed by atoms with Gasteiger partial charge in [-0.15, -0.1) is 0 Å². The Balaban J connectivity index is 2.52. The van der Waals surface area contributed by atoms with Crippen LogP contribution in [0, 0.1) is 10.1 Å². The molecule has 1 aliphatic heterocycles. The minimum atomic E-state index is -1.23. The lowest BCUT2D eigenvalue weighted by Gasteiger charge is -2.37. The SMILES string of the molecule is O=[N+]([O-])c1ccc(O)cc1C1(O)CNC1. The molecule has 0 saturated carbocycles. The molecule has 0 atom stereocenters. The number of hydrogen-bond donors (Lipinski definition) is 3. The minimum absolute atomic E-state index is 0.0871. The maximum absolute atomic E-state index is 10.7. The molecule has 0 aliphatic carbocycles. The number of nitrogens with zero attached hydrogens (tertiary/aromatic N) is 1. The first-order valence-electron chi connectivity index (χ1n) is 4.44. The predicted octanol–water partition coefficient (Wildman–Crippen LogP) is 0.0912.